The standard InChI is InChI=1S/C26H26F2N4O2/c1-18(30-25(33)21-3-2-12-29-17-21)26(34)32-15-13-31(14-16-32)24(19-4-8-22(27)9-5-19)20-6-10-23(28)11-7-20/h2-12,17-18,24H,13-16H2,1H3,(H,30,33)/t18-/m0/s1. The molecule has 1 aromatic heterocycles. The van der Waals surface area contributed by atoms with Crippen molar-refractivity contribution in [2.24, 2.45) is 0 Å². The summed E-state index contributed by atoms with van der Waals surface area (Å²) in [6.07, 6.45) is 3.03. The quantitative estimate of drug-likeness (QED) is 0.607. The van der Waals surface area contributed by atoms with Crippen molar-refractivity contribution in [2.75, 3.05) is 26.2 Å². The molecule has 0 aliphatic carbocycles. The van der Waals surface area contributed by atoms with E-state index in [0.717, 1.165) is 11.1 Å². The van der Waals surface area contributed by atoms with E-state index in [1.165, 1.54) is 30.5 Å². The summed E-state index contributed by atoms with van der Waals surface area (Å²) in [6, 6.07) is 15.0. The molecule has 0 radical (unpaired) electrons. The van der Waals surface area contributed by atoms with Gasteiger partial charge in [0, 0.05) is 38.6 Å². The number of hydrogen-bond acceptors (Lipinski definition) is 4. The van der Waals surface area contributed by atoms with Gasteiger partial charge in [0.05, 0.1) is 11.6 Å². The zero-order valence-corrected chi connectivity index (χ0v) is 18.8. The highest BCUT2D eigenvalue weighted by atomic mass is 19.1. The minimum absolute atomic E-state index is 0.156. The first-order chi connectivity index (χ1) is 16.4. The summed E-state index contributed by atoms with van der Waals surface area (Å²) < 4.78 is 27.0. The fraction of sp³-hybridized carbons (Fsp3) is 0.269. The first-order valence-electron chi connectivity index (χ1n) is 11.2. The SMILES string of the molecule is C[C@H](NC(=O)c1cccnc1)C(=O)N1CCN(C(c2ccc(F)cc2)c2ccc(F)cc2)CC1. The van der Waals surface area contributed by atoms with Crippen LogP contribution in [0.3, 0.4) is 0 Å². The van der Waals surface area contributed by atoms with E-state index in [-0.39, 0.29) is 29.5 Å². The molecular weight excluding hydrogens is 438 g/mol. The van der Waals surface area contributed by atoms with Crippen LogP contribution in [0.25, 0.3) is 0 Å². The number of rotatable bonds is 6. The third kappa shape index (κ3) is 5.46. The maximum Gasteiger partial charge on any atom is 0.253 e. The molecule has 2 aromatic carbocycles. The van der Waals surface area contributed by atoms with Crippen LogP contribution in [0.4, 0.5) is 8.78 Å². The van der Waals surface area contributed by atoms with E-state index in [1.54, 1.807) is 54.4 Å². The largest absolute Gasteiger partial charge is 0.340 e. The van der Waals surface area contributed by atoms with Crippen molar-refractivity contribution in [3.63, 3.8) is 0 Å². The van der Waals surface area contributed by atoms with Crippen LogP contribution in [0.1, 0.15) is 34.5 Å². The fourth-order valence-electron chi connectivity index (χ4n) is 4.22. The summed E-state index contributed by atoms with van der Waals surface area (Å²) in [6.45, 7) is 3.78. The summed E-state index contributed by atoms with van der Waals surface area (Å²) in [5, 5.41) is 2.73. The van der Waals surface area contributed by atoms with Gasteiger partial charge in [0.25, 0.3) is 5.91 Å². The van der Waals surface area contributed by atoms with Gasteiger partial charge in [-0.1, -0.05) is 24.3 Å². The van der Waals surface area contributed by atoms with E-state index in [4.69, 9.17) is 0 Å². The smallest absolute Gasteiger partial charge is 0.253 e. The number of nitrogens with zero attached hydrogens (tertiary/aromatic N) is 3. The first kappa shape index (κ1) is 23.5. The van der Waals surface area contributed by atoms with Crippen LogP contribution >= 0.6 is 0 Å². The highest BCUT2D eigenvalue weighted by molar-refractivity contribution is 5.97. The molecule has 0 saturated carbocycles. The molecule has 176 valence electrons. The predicted octanol–water partition coefficient (Wildman–Crippen LogP) is 3.41. The van der Waals surface area contributed by atoms with Crippen molar-refractivity contribution in [1.29, 1.82) is 0 Å². The van der Waals surface area contributed by atoms with Crippen molar-refractivity contribution < 1.29 is 18.4 Å². The Kier molecular flexibility index (Phi) is 7.27. The number of hydrogen-bond donors (Lipinski definition) is 1. The van der Waals surface area contributed by atoms with Crippen LogP contribution < -0.4 is 5.32 Å². The van der Waals surface area contributed by atoms with Gasteiger partial charge in [-0.2, -0.15) is 0 Å². The Labute approximate surface area is 197 Å². The van der Waals surface area contributed by atoms with E-state index in [9.17, 15) is 18.4 Å². The number of aromatic nitrogens is 1. The molecule has 1 aliphatic heterocycles. The number of carbonyl (C=O) groups excluding carboxylic acids is 2. The Morgan fingerprint density at radius 3 is 1.94 bits per heavy atom. The lowest BCUT2D eigenvalue weighted by Gasteiger charge is -2.40. The molecule has 34 heavy (non-hydrogen) atoms. The van der Waals surface area contributed by atoms with Gasteiger partial charge in [-0.25, -0.2) is 8.78 Å². The van der Waals surface area contributed by atoms with E-state index >= 15 is 0 Å². The number of amides is 2. The third-order valence-electron chi connectivity index (χ3n) is 6.00. The monoisotopic (exact) mass is 464 g/mol. The molecular formula is C26H26F2N4O2. The predicted molar refractivity (Wildman–Crippen MR) is 124 cm³/mol. The molecule has 1 aliphatic rings. The summed E-state index contributed by atoms with van der Waals surface area (Å²) in [5.41, 5.74) is 2.18. The Morgan fingerprint density at radius 2 is 1.44 bits per heavy atom. The minimum Gasteiger partial charge on any atom is -0.340 e. The number of piperazine rings is 1. The van der Waals surface area contributed by atoms with Gasteiger partial charge >= 0.3 is 0 Å². The molecule has 1 atom stereocenters. The lowest BCUT2D eigenvalue weighted by Crippen LogP contribution is -2.54. The van der Waals surface area contributed by atoms with Crippen molar-refractivity contribution in [3.05, 3.63) is 101 Å². The third-order valence-corrected chi connectivity index (χ3v) is 6.00. The second kappa shape index (κ2) is 10.5. The van der Waals surface area contributed by atoms with Crippen molar-refractivity contribution in [3.8, 4) is 0 Å². The van der Waals surface area contributed by atoms with Crippen molar-refractivity contribution >= 4 is 11.8 Å². The van der Waals surface area contributed by atoms with E-state index in [2.05, 4.69) is 15.2 Å². The maximum absolute atomic E-state index is 13.5. The fourth-order valence-corrected chi connectivity index (χ4v) is 4.22. The van der Waals surface area contributed by atoms with Crippen molar-refractivity contribution in [2.45, 2.75) is 19.0 Å². The van der Waals surface area contributed by atoms with Gasteiger partial charge in [-0.3, -0.25) is 19.5 Å². The molecule has 2 amide bonds. The average Bonchev–Trinajstić information content (AvgIpc) is 2.87. The number of carbonyl (C=O) groups is 2. The molecule has 0 spiro atoms. The van der Waals surface area contributed by atoms with Gasteiger partial charge in [0.2, 0.25) is 5.91 Å². The zero-order valence-electron chi connectivity index (χ0n) is 18.8. The van der Waals surface area contributed by atoms with Gasteiger partial charge < -0.3 is 10.2 Å². The molecule has 8 heteroatoms. The Hall–Kier alpha value is -3.65. The maximum atomic E-state index is 13.5. The number of pyridine rings is 1. The van der Waals surface area contributed by atoms with Crippen LogP contribution in [0, 0.1) is 11.6 Å². The van der Waals surface area contributed by atoms with Gasteiger partial charge in [-0.05, 0) is 54.4 Å². The second-order valence-electron chi connectivity index (χ2n) is 8.30. The van der Waals surface area contributed by atoms with E-state index < -0.39 is 6.04 Å². The number of benzene rings is 2. The molecule has 3 aromatic rings. The number of nitrogens with one attached hydrogen (secondary N) is 1. The van der Waals surface area contributed by atoms with Crippen molar-refractivity contribution in [1.82, 2.24) is 20.1 Å². The van der Waals surface area contributed by atoms with Crippen LogP contribution in [0.15, 0.2) is 73.1 Å². The zero-order chi connectivity index (χ0) is 24.1. The molecule has 1 N–H and O–H groups in total. The molecule has 6 nitrogen and oxygen atoms in total. The summed E-state index contributed by atoms with van der Waals surface area (Å²) >= 11 is 0. The normalized spacial score (nSPS) is 15.2. The van der Waals surface area contributed by atoms with E-state index in [1.807, 2.05) is 0 Å². The van der Waals surface area contributed by atoms with E-state index in [0.29, 0.717) is 31.7 Å². The molecule has 1 saturated heterocycles. The molecule has 0 bridgehead atoms. The topological polar surface area (TPSA) is 65.5 Å². The average molecular weight is 465 g/mol. The van der Waals surface area contributed by atoms with Crippen LogP contribution in [0.5, 0.6) is 0 Å². The molecule has 0 unspecified atom stereocenters. The van der Waals surface area contributed by atoms with Gasteiger partial charge in [0.15, 0.2) is 0 Å². The summed E-state index contributed by atoms with van der Waals surface area (Å²) in [7, 11) is 0. The highest BCUT2D eigenvalue weighted by Gasteiger charge is 2.30. The van der Waals surface area contributed by atoms with Crippen LogP contribution in [-0.4, -0.2) is 58.8 Å². The van der Waals surface area contributed by atoms with Gasteiger partial charge in [-0.15, -0.1) is 0 Å². The minimum atomic E-state index is -0.677. The van der Waals surface area contributed by atoms with Crippen LogP contribution in [-0.2, 0) is 4.79 Å². The molecule has 1 fully saturated rings. The number of halogens is 2. The summed E-state index contributed by atoms with van der Waals surface area (Å²) in [5.74, 6) is -1.14. The summed E-state index contributed by atoms with van der Waals surface area (Å²) in [4.78, 5) is 33.2. The lowest BCUT2D eigenvalue weighted by atomic mass is 9.96. The lowest BCUT2D eigenvalue weighted by molar-refractivity contribution is -0.134. The second-order valence-corrected chi connectivity index (χ2v) is 8.30. The Bertz CT molecular complexity index is 1070. The molecule has 4 rings (SSSR count). The molecule has 2 heterocycles. The highest BCUT2D eigenvalue weighted by Crippen LogP contribution is 2.30. The Balaban J connectivity index is 1.42. The van der Waals surface area contributed by atoms with Crippen LogP contribution in [0.2, 0.25) is 0 Å². The first-order valence-corrected chi connectivity index (χ1v) is 11.2. The van der Waals surface area contributed by atoms with Gasteiger partial charge in [0.1, 0.15) is 17.7 Å². The Morgan fingerprint density at radius 1 is 0.882 bits per heavy atom.